The second-order valence-electron chi connectivity index (χ2n) is 19.4. The molecule has 0 atom stereocenters. The first-order valence-electron chi connectivity index (χ1n) is 25.5. The monoisotopic (exact) mass is 931 g/mol. The van der Waals surface area contributed by atoms with Gasteiger partial charge < -0.3 is 24.4 Å². The maximum atomic E-state index is 16.2. The van der Waals surface area contributed by atoms with E-state index in [1.54, 1.807) is 19.9 Å². The molecule has 0 spiro atoms. The van der Waals surface area contributed by atoms with Crippen LogP contribution in [0.4, 0.5) is 4.39 Å². The number of hydrogen-bond acceptors (Lipinski definition) is 7. The number of halogens is 1. The second kappa shape index (κ2) is 27.2. The number of aliphatic hydroxyl groups excluding tert-OH is 2. The van der Waals surface area contributed by atoms with Crippen molar-refractivity contribution in [1.82, 2.24) is 0 Å². The SMILES string of the molecule is C=C(C)C(=O)OCCCc1cc(-c2ccc(-c3ccc(-c4ccc(C5CCC(CCCCC)CC5)cc4)cc3F)cc2CC)cc(CCCOC(=O)C(=C)C)c1OCCC(CO)(CO)CCCC. The highest BCUT2D eigenvalue weighted by Crippen LogP contribution is 2.40. The number of rotatable bonds is 28. The first-order valence-corrected chi connectivity index (χ1v) is 25.5. The molecule has 368 valence electrons. The summed E-state index contributed by atoms with van der Waals surface area (Å²) in [6, 6.07) is 24.7. The normalized spacial score (nSPS) is 14.9. The molecule has 8 heteroatoms. The van der Waals surface area contributed by atoms with Crippen LogP contribution in [0.15, 0.2) is 97.1 Å². The topological polar surface area (TPSA) is 102 Å². The molecule has 7 nitrogen and oxygen atoms in total. The van der Waals surface area contributed by atoms with Crippen LogP contribution in [0.5, 0.6) is 5.75 Å². The van der Waals surface area contributed by atoms with Crippen molar-refractivity contribution in [2.75, 3.05) is 33.0 Å². The lowest BCUT2D eigenvalue weighted by Crippen LogP contribution is -2.32. The van der Waals surface area contributed by atoms with Crippen molar-refractivity contribution in [3.05, 3.63) is 125 Å². The molecule has 1 aliphatic rings. The fourth-order valence-corrected chi connectivity index (χ4v) is 9.66. The minimum absolute atomic E-state index is 0.147. The van der Waals surface area contributed by atoms with Crippen LogP contribution in [-0.2, 0) is 38.3 Å². The van der Waals surface area contributed by atoms with E-state index in [-0.39, 0.29) is 38.9 Å². The number of aryl methyl sites for hydroxylation is 3. The van der Waals surface area contributed by atoms with Gasteiger partial charge in [-0.15, -0.1) is 0 Å². The zero-order chi connectivity index (χ0) is 49.1. The van der Waals surface area contributed by atoms with Gasteiger partial charge in [-0.1, -0.05) is 127 Å². The first-order chi connectivity index (χ1) is 32.8. The fraction of sp³-hybridized carbons (Fsp3) is 0.500. The van der Waals surface area contributed by atoms with Gasteiger partial charge in [0, 0.05) is 22.1 Å². The fourth-order valence-electron chi connectivity index (χ4n) is 9.66. The Morgan fingerprint density at radius 3 is 1.74 bits per heavy atom. The number of ether oxygens (including phenoxy) is 3. The standard InChI is InChI=1S/C60H79FO7/c1-8-11-13-16-44-19-21-46(22-20-44)47-23-25-48(26-24-47)49-27-30-55(56(61)39-49)50-28-29-54(45(10-3)36-50)53-37-51(17-14-33-67-58(64)42(4)5)57(52(38-53)18-15-34-68-59(65)43(6)7)66-35-32-60(40-62,41-63)31-12-9-2/h23-30,36-39,44,46,62-63H,4,6,8-22,31-35,40-41H2,1-3,5,7H3. The molecule has 0 saturated heterocycles. The number of esters is 2. The smallest absolute Gasteiger partial charge is 0.333 e. The Morgan fingerprint density at radius 2 is 1.19 bits per heavy atom. The number of hydrogen-bond donors (Lipinski definition) is 2. The molecule has 2 N–H and O–H groups in total. The molecule has 0 aliphatic heterocycles. The number of carbonyl (C=O) groups excluding carboxylic acids is 2. The van der Waals surface area contributed by atoms with E-state index in [9.17, 15) is 19.8 Å². The average Bonchev–Trinajstić information content (AvgIpc) is 3.35. The van der Waals surface area contributed by atoms with E-state index in [0.717, 1.165) is 63.3 Å². The van der Waals surface area contributed by atoms with Crippen LogP contribution in [-0.4, -0.2) is 55.2 Å². The van der Waals surface area contributed by atoms with E-state index in [1.165, 1.54) is 56.9 Å². The van der Waals surface area contributed by atoms with Gasteiger partial charge in [-0.2, -0.15) is 0 Å². The molecule has 4 aromatic carbocycles. The molecule has 0 amide bonds. The third kappa shape index (κ3) is 15.2. The predicted octanol–water partition coefficient (Wildman–Crippen LogP) is 14.3. The van der Waals surface area contributed by atoms with Gasteiger partial charge in [0.25, 0.3) is 0 Å². The van der Waals surface area contributed by atoms with Gasteiger partial charge in [0.2, 0.25) is 0 Å². The number of carbonyl (C=O) groups is 2. The van der Waals surface area contributed by atoms with E-state index in [4.69, 9.17) is 14.2 Å². The van der Waals surface area contributed by atoms with Crippen LogP contribution >= 0.6 is 0 Å². The zero-order valence-corrected chi connectivity index (χ0v) is 41.9. The molecule has 0 unspecified atom stereocenters. The van der Waals surface area contributed by atoms with E-state index in [1.807, 2.05) is 18.2 Å². The summed E-state index contributed by atoms with van der Waals surface area (Å²) in [5.74, 6) is 1.02. The lowest BCUT2D eigenvalue weighted by atomic mass is 9.77. The minimum Gasteiger partial charge on any atom is -0.493 e. The lowest BCUT2D eigenvalue weighted by Gasteiger charge is -2.30. The summed E-state index contributed by atoms with van der Waals surface area (Å²) >= 11 is 0. The van der Waals surface area contributed by atoms with Crippen LogP contribution in [0, 0.1) is 17.2 Å². The summed E-state index contributed by atoms with van der Waals surface area (Å²) < 4.78 is 33.8. The maximum Gasteiger partial charge on any atom is 0.333 e. The van der Waals surface area contributed by atoms with Crippen molar-refractivity contribution in [2.45, 2.75) is 150 Å². The Balaban J connectivity index is 1.43. The van der Waals surface area contributed by atoms with Crippen molar-refractivity contribution in [3.8, 4) is 39.1 Å². The van der Waals surface area contributed by atoms with Crippen LogP contribution in [0.2, 0.25) is 0 Å². The summed E-state index contributed by atoms with van der Waals surface area (Å²) in [7, 11) is 0. The van der Waals surface area contributed by atoms with Crippen molar-refractivity contribution >= 4 is 11.9 Å². The highest BCUT2D eigenvalue weighted by molar-refractivity contribution is 5.87. The number of unbranched alkanes of at least 4 members (excludes halogenated alkanes) is 3. The lowest BCUT2D eigenvalue weighted by molar-refractivity contribution is -0.139. The second-order valence-corrected chi connectivity index (χ2v) is 19.4. The third-order valence-electron chi connectivity index (χ3n) is 14.1. The molecule has 0 heterocycles. The van der Waals surface area contributed by atoms with E-state index in [0.29, 0.717) is 73.3 Å². The van der Waals surface area contributed by atoms with Crippen LogP contribution in [0.25, 0.3) is 33.4 Å². The van der Waals surface area contributed by atoms with Gasteiger partial charge >= 0.3 is 11.9 Å². The van der Waals surface area contributed by atoms with Crippen molar-refractivity contribution < 1.29 is 38.4 Å². The maximum absolute atomic E-state index is 16.2. The molecule has 1 saturated carbocycles. The summed E-state index contributed by atoms with van der Waals surface area (Å²) in [5, 5.41) is 20.8. The zero-order valence-electron chi connectivity index (χ0n) is 41.9. The van der Waals surface area contributed by atoms with Crippen molar-refractivity contribution in [2.24, 2.45) is 11.3 Å². The molecule has 0 bridgehead atoms. The van der Waals surface area contributed by atoms with Crippen LogP contribution < -0.4 is 4.74 Å². The van der Waals surface area contributed by atoms with Gasteiger partial charge in [0.15, 0.2) is 0 Å². The molecular formula is C60H79FO7. The molecule has 5 rings (SSSR count). The van der Waals surface area contributed by atoms with Gasteiger partial charge in [-0.3, -0.25) is 0 Å². The van der Waals surface area contributed by atoms with Crippen molar-refractivity contribution in [3.63, 3.8) is 0 Å². The molecule has 1 aliphatic carbocycles. The summed E-state index contributed by atoms with van der Waals surface area (Å²) in [6.45, 7) is 17.5. The average molecular weight is 931 g/mol. The third-order valence-corrected chi connectivity index (χ3v) is 14.1. The first kappa shape index (κ1) is 53.9. The summed E-state index contributed by atoms with van der Waals surface area (Å²) in [6.07, 6.45) is 16.3. The van der Waals surface area contributed by atoms with E-state index in [2.05, 4.69) is 82.5 Å². The van der Waals surface area contributed by atoms with Crippen molar-refractivity contribution in [1.29, 1.82) is 0 Å². The molecule has 0 radical (unpaired) electrons. The highest BCUT2D eigenvalue weighted by Gasteiger charge is 2.29. The predicted molar refractivity (Wildman–Crippen MR) is 275 cm³/mol. The number of aliphatic hydroxyl groups is 2. The van der Waals surface area contributed by atoms with Gasteiger partial charge in [0.1, 0.15) is 11.6 Å². The molecule has 1 fully saturated rings. The van der Waals surface area contributed by atoms with E-state index < -0.39 is 17.4 Å². The van der Waals surface area contributed by atoms with Gasteiger partial charge in [0.05, 0.1) is 33.0 Å². The van der Waals surface area contributed by atoms with Gasteiger partial charge in [-0.25, -0.2) is 14.0 Å². The highest BCUT2D eigenvalue weighted by atomic mass is 19.1. The molecular weight excluding hydrogens is 852 g/mol. The Kier molecular flexibility index (Phi) is 21.6. The summed E-state index contributed by atoms with van der Waals surface area (Å²) in [5.41, 5.74) is 9.47. The van der Waals surface area contributed by atoms with Crippen LogP contribution in [0.1, 0.15) is 153 Å². The Hall–Kier alpha value is -5.05. The largest absolute Gasteiger partial charge is 0.493 e. The minimum atomic E-state index is -0.668. The molecule has 4 aromatic rings. The molecule has 0 aromatic heterocycles. The van der Waals surface area contributed by atoms with Gasteiger partial charge in [-0.05, 0) is 165 Å². The Labute approximate surface area is 407 Å². The van der Waals surface area contributed by atoms with E-state index >= 15 is 4.39 Å². The van der Waals surface area contributed by atoms with Crippen LogP contribution in [0.3, 0.4) is 0 Å². The Morgan fingerprint density at radius 1 is 0.632 bits per heavy atom. The number of benzene rings is 4. The Bertz CT molecular complexity index is 2210. The summed E-state index contributed by atoms with van der Waals surface area (Å²) in [4.78, 5) is 24.5. The molecule has 68 heavy (non-hydrogen) atoms. The quantitative estimate of drug-likeness (QED) is 0.0332.